The summed E-state index contributed by atoms with van der Waals surface area (Å²) in [5, 5.41) is 4.18. The Hall–Kier alpha value is -1.96. The van der Waals surface area contributed by atoms with Crippen molar-refractivity contribution in [2.24, 2.45) is 0 Å². The van der Waals surface area contributed by atoms with Crippen LogP contribution in [0.5, 0.6) is 0 Å². The Balaban J connectivity index is 0.00000117. The van der Waals surface area contributed by atoms with E-state index in [0.717, 1.165) is 11.9 Å². The molecule has 1 atom stereocenters. The molecule has 29 heavy (non-hydrogen) atoms. The minimum atomic E-state index is -0.317. The third-order valence-electron chi connectivity index (χ3n) is 4.58. The first-order chi connectivity index (χ1) is 14.0. The zero-order valence-corrected chi connectivity index (χ0v) is 20.2. The largest absolute Gasteiger partial charge is 0.361 e. The number of hydrogen-bond donors (Lipinski definition) is 3. The molecule has 1 aromatic carbocycles. The van der Waals surface area contributed by atoms with Crippen molar-refractivity contribution >= 4 is 65.2 Å². The van der Waals surface area contributed by atoms with Crippen LogP contribution in [0.1, 0.15) is 18.1 Å². The first-order valence-electron chi connectivity index (χ1n) is 8.90. The summed E-state index contributed by atoms with van der Waals surface area (Å²) in [7, 11) is 0. The number of nitrogens with zero attached hydrogens (tertiary/aromatic N) is 3. The third-order valence-corrected chi connectivity index (χ3v) is 4.58. The first kappa shape index (κ1) is 21.7. The van der Waals surface area contributed by atoms with Gasteiger partial charge < -0.3 is 19.9 Å². The standard InChI is InChI=1S/C19H20N6O2.I2/c1-11-3-4-15-14(5-11)13(7-20-15)6-12(2)24-16(26)8-25-10-23-17-18(25)21-9-22-19(17)27;1-2/h3-5,7,9-10,12,20H,6,8H2,1-2H3,(H,24,26)(H,21,22,27);. The zero-order chi connectivity index (χ0) is 21.0. The molecular formula is C19H20I2N6O2. The molecule has 0 saturated carbocycles. The number of amides is 1. The number of rotatable bonds is 5. The number of fused-ring (bicyclic) bond motifs is 2. The molecule has 4 rings (SSSR count). The molecule has 4 aromatic rings. The maximum atomic E-state index is 12.4. The van der Waals surface area contributed by atoms with Crippen LogP contribution in [0.2, 0.25) is 0 Å². The molecule has 0 bridgehead atoms. The number of benzene rings is 1. The highest BCUT2D eigenvalue weighted by atomic mass is 128. The maximum Gasteiger partial charge on any atom is 0.278 e. The molecule has 3 aromatic heterocycles. The molecule has 0 aliphatic carbocycles. The van der Waals surface area contributed by atoms with Gasteiger partial charge in [0.25, 0.3) is 5.56 Å². The van der Waals surface area contributed by atoms with Gasteiger partial charge in [-0.15, -0.1) is 0 Å². The van der Waals surface area contributed by atoms with E-state index in [-0.39, 0.29) is 29.6 Å². The molecule has 3 heterocycles. The number of carbonyl (C=O) groups excluding carboxylic acids is 1. The van der Waals surface area contributed by atoms with Gasteiger partial charge >= 0.3 is 0 Å². The van der Waals surface area contributed by atoms with Crippen molar-refractivity contribution in [1.82, 2.24) is 29.8 Å². The van der Waals surface area contributed by atoms with Crippen LogP contribution in [0.3, 0.4) is 0 Å². The fraction of sp³-hybridized carbons (Fsp3) is 0.263. The van der Waals surface area contributed by atoms with Crippen LogP contribution in [0, 0.1) is 6.92 Å². The minimum Gasteiger partial charge on any atom is -0.361 e. The fourth-order valence-corrected chi connectivity index (χ4v) is 3.32. The summed E-state index contributed by atoms with van der Waals surface area (Å²) in [4.78, 5) is 38.0. The Kier molecular flexibility index (Phi) is 7.27. The topological polar surface area (TPSA) is 108 Å². The summed E-state index contributed by atoms with van der Waals surface area (Å²) in [6.45, 7) is 4.10. The summed E-state index contributed by atoms with van der Waals surface area (Å²) < 4.78 is 1.57. The monoisotopic (exact) mass is 618 g/mol. The van der Waals surface area contributed by atoms with Gasteiger partial charge in [-0.1, -0.05) is 11.6 Å². The van der Waals surface area contributed by atoms with E-state index < -0.39 is 0 Å². The average molecular weight is 618 g/mol. The minimum absolute atomic E-state index is 0.0387. The second-order valence-corrected chi connectivity index (χ2v) is 6.81. The molecule has 152 valence electrons. The molecule has 0 aliphatic rings. The lowest BCUT2D eigenvalue weighted by molar-refractivity contribution is -0.122. The fourth-order valence-electron chi connectivity index (χ4n) is 3.32. The lowest BCUT2D eigenvalue weighted by Gasteiger charge is -2.14. The van der Waals surface area contributed by atoms with Gasteiger partial charge in [-0.05, 0) is 38.0 Å². The quantitative estimate of drug-likeness (QED) is 0.298. The number of aromatic nitrogens is 5. The highest BCUT2D eigenvalue weighted by Gasteiger charge is 2.14. The third kappa shape index (κ3) is 4.97. The van der Waals surface area contributed by atoms with Gasteiger partial charge in [0, 0.05) is 60.4 Å². The molecule has 1 unspecified atom stereocenters. The summed E-state index contributed by atoms with van der Waals surface area (Å²) in [6.07, 6.45) is 5.48. The highest BCUT2D eigenvalue weighted by molar-refractivity contribution is 15.0. The van der Waals surface area contributed by atoms with E-state index in [4.69, 9.17) is 0 Å². The number of aromatic amines is 2. The lowest BCUT2D eigenvalue weighted by atomic mass is 10.0. The van der Waals surface area contributed by atoms with Gasteiger partial charge in [0.15, 0.2) is 11.2 Å². The molecule has 0 aliphatic heterocycles. The normalized spacial score (nSPS) is 11.9. The lowest BCUT2D eigenvalue weighted by Crippen LogP contribution is -2.36. The van der Waals surface area contributed by atoms with Gasteiger partial charge in [-0.3, -0.25) is 9.59 Å². The number of carbonyl (C=O) groups is 1. The van der Waals surface area contributed by atoms with Gasteiger partial charge in [0.05, 0.1) is 12.7 Å². The molecular weight excluding hydrogens is 598 g/mol. The van der Waals surface area contributed by atoms with Crippen molar-refractivity contribution in [3.63, 3.8) is 0 Å². The Morgan fingerprint density at radius 2 is 2.07 bits per heavy atom. The number of hydrogen-bond acceptors (Lipinski definition) is 4. The van der Waals surface area contributed by atoms with E-state index in [1.54, 1.807) is 4.57 Å². The predicted octanol–water partition coefficient (Wildman–Crippen LogP) is 3.43. The van der Waals surface area contributed by atoms with Gasteiger partial charge in [-0.2, -0.15) is 0 Å². The molecule has 10 heteroatoms. The molecule has 0 radical (unpaired) electrons. The Morgan fingerprint density at radius 3 is 2.86 bits per heavy atom. The summed E-state index contributed by atoms with van der Waals surface area (Å²) in [5.74, 6) is -0.153. The number of halogens is 2. The van der Waals surface area contributed by atoms with E-state index in [1.165, 1.54) is 29.2 Å². The SMILES string of the molecule is Cc1ccc2[nH]cc(CC(C)NC(=O)Cn3cnc4c(=O)[nH]cnc43)c2c1.II. The van der Waals surface area contributed by atoms with Crippen LogP contribution >= 0.6 is 37.2 Å². The van der Waals surface area contributed by atoms with Crippen molar-refractivity contribution in [1.29, 1.82) is 0 Å². The van der Waals surface area contributed by atoms with Crippen LogP contribution in [-0.2, 0) is 17.8 Å². The van der Waals surface area contributed by atoms with E-state index in [9.17, 15) is 9.59 Å². The summed E-state index contributed by atoms with van der Waals surface area (Å²) in [6, 6.07) is 6.25. The van der Waals surface area contributed by atoms with Gasteiger partial charge in [0.1, 0.15) is 6.54 Å². The van der Waals surface area contributed by atoms with Crippen molar-refractivity contribution in [2.75, 3.05) is 0 Å². The number of imidazole rings is 1. The molecule has 0 fully saturated rings. The summed E-state index contributed by atoms with van der Waals surface area (Å²) >= 11 is 4.24. The summed E-state index contributed by atoms with van der Waals surface area (Å²) in [5.41, 5.74) is 3.77. The first-order valence-corrected chi connectivity index (χ1v) is 15.2. The smallest absolute Gasteiger partial charge is 0.278 e. The van der Waals surface area contributed by atoms with Crippen LogP contribution in [0.25, 0.3) is 22.1 Å². The van der Waals surface area contributed by atoms with Crippen LogP contribution in [-0.4, -0.2) is 36.5 Å². The van der Waals surface area contributed by atoms with Crippen molar-refractivity contribution in [3.05, 3.63) is 58.5 Å². The van der Waals surface area contributed by atoms with Crippen LogP contribution < -0.4 is 10.9 Å². The van der Waals surface area contributed by atoms with Crippen molar-refractivity contribution < 1.29 is 4.79 Å². The number of nitrogens with one attached hydrogen (secondary N) is 3. The number of H-pyrrole nitrogens is 2. The molecule has 0 saturated heterocycles. The number of aryl methyl sites for hydroxylation is 1. The van der Waals surface area contributed by atoms with E-state index in [2.05, 4.69) is 87.6 Å². The van der Waals surface area contributed by atoms with E-state index in [0.29, 0.717) is 5.65 Å². The van der Waals surface area contributed by atoms with Crippen LogP contribution in [0.4, 0.5) is 0 Å². The van der Waals surface area contributed by atoms with E-state index in [1.807, 2.05) is 13.1 Å². The second kappa shape index (κ2) is 9.69. The van der Waals surface area contributed by atoms with Crippen LogP contribution in [0.15, 0.2) is 41.8 Å². The predicted molar refractivity (Wildman–Crippen MR) is 131 cm³/mol. The van der Waals surface area contributed by atoms with Gasteiger partial charge in [0.2, 0.25) is 5.91 Å². The Bertz CT molecular complexity index is 1200. The van der Waals surface area contributed by atoms with Crippen molar-refractivity contribution in [3.8, 4) is 0 Å². The van der Waals surface area contributed by atoms with Gasteiger partial charge in [-0.25, -0.2) is 9.97 Å². The average Bonchev–Trinajstić information content (AvgIpc) is 3.28. The van der Waals surface area contributed by atoms with Crippen molar-refractivity contribution in [2.45, 2.75) is 32.9 Å². The second-order valence-electron chi connectivity index (χ2n) is 6.81. The Labute approximate surface area is 190 Å². The molecule has 0 spiro atoms. The maximum absolute atomic E-state index is 12.4. The zero-order valence-electron chi connectivity index (χ0n) is 15.9. The molecule has 8 nitrogen and oxygen atoms in total. The Morgan fingerprint density at radius 1 is 1.28 bits per heavy atom. The highest BCUT2D eigenvalue weighted by Crippen LogP contribution is 2.21. The molecule has 3 N–H and O–H groups in total. The molecule has 1 amide bonds. The van der Waals surface area contributed by atoms with E-state index >= 15 is 0 Å².